The summed E-state index contributed by atoms with van der Waals surface area (Å²) in [4.78, 5) is 46.1. The highest BCUT2D eigenvalue weighted by Gasteiger charge is 2.45. The standard InChI is InChI=1S/C22H32O12/c1-11-6-18(32-15(5)27)22(19(8-23)30-11)34-21-7-17(31-14(4)26)16(9-28-12(2)24)20(33-21)10-29-13(3)25/h9,11,17-23H,6-8,10H2,1-5H3/b16-9-/t11?,17-,18-,19-,20-,21?,22+/m1/s1. The molecule has 2 heterocycles. The first-order valence-electron chi connectivity index (χ1n) is 10.9. The van der Waals surface area contributed by atoms with Gasteiger partial charge >= 0.3 is 23.9 Å². The van der Waals surface area contributed by atoms with Crippen LogP contribution in [0.2, 0.25) is 0 Å². The SMILES string of the molecule is CC(=O)O/C=C1/[C@H](OC(C)=O)CC(O[C@H]2[C@H](OC(C)=O)CC(C)O[C@@H]2CO)O[C@@H]1COC(C)=O. The summed E-state index contributed by atoms with van der Waals surface area (Å²) in [5, 5.41) is 9.82. The number of carbonyl (C=O) groups excluding carboxylic acids is 4. The Hall–Kier alpha value is -2.54. The normalized spacial score (nSPS) is 32.5. The molecule has 0 bridgehead atoms. The van der Waals surface area contributed by atoms with Crippen molar-refractivity contribution in [1.82, 2.24) is 0 Å². The Labute approximate surface area is 197 Å². The van der Waals surface area contributed by atoms with Gasteiger partial charge in [-0.15, -0.1) is 0 Å². The number of esters is 4. The van der Waals surface area contributed by atoms with Gasteiger partial charge in [0, 0.05) is 46.1 Å². The molecule has 192 valence electrons. The molecule has 0 aromatic rings. The molecule has 0 aromatic heterocycles. The number of rotatable bonds is 8. The lowest BCUT2D eigenvalue weighted by Crippen LogP contribution is -2.55. The molecular weight excluding hydrogens is 456 g/mol. The maximum atomic E-state index is 11.7. The van der Waals surface area contributed by atoms with Crippen LogP contribution in [0.1, 0.15) is 47.5 Å². The van der Waals surface area contributed by atoms with Crippen LogP contribution in [-0.4, -0.2) is 85.1 Å². The lowest BCUT2D eigenvalue weighted by molar-refractivity contribution is -0.279. The molecule has 12 heteroatoms. The molecule has 2 rings (SSSR count). The molecule has 2 aliphatic rings. The summed E-state index contributed by atoms with van der Waals surface area (Å²) in [5.41, 5.74) is 0.260. The number of hydrogen-bond donors (Lipinski definition) is 1. The van der Waals surface area contributed by atoms with Crippen molar-refractivity contribution in [1.29, 1.82) is 0 Å². The van der Waals surface area contributed by atoms with E-state index in [4.69, 9.17) is 33.2 Å². The number of hydrogen-bond acceptors (Lipinski definition) is 12. The summed E-state index contributed by atoms with van der Waals surface area (Å²) in [5.74, 6) is -2.31. The molecule has 2 fully saturated rings. The van der Waals surface area contributed by atoms with Crippen molar-refractivity contribution in [3.05, 3.63) is 11.8 Å². The first kappa shape index (κ1) is 27.7. The average molecular weight is 488 g/mol. The molecule has 2 saturated heterocycles. The van der Waals surface area contributed by atoms with E-state index in [1.165, 1.54) is 27.7 Å². The van der Waals surface area contributed by atoms with Crippen molar-refractivity contribution in [3.8, 4) is 0 Å². The van der Waals surface area contributed by atoms with E-state index in [-0.39, 0.29) is 24.7 Å². The Balaban J connectivity index is 2.31. The van der Waals surface area contributed by atoms with Gasteiger partial charge in [0.2, 0.25) is 0 Å². The highest BCUT2D eigenvalue weighted by atomic mass is 16.7. The molecule has 0 spiro atoms. The van der Waals surface area contributed by atoms with E-state index in [0.717, 1.165) is 6.26 Å². The lowest BCUT2D eigenvalue weighted by Gasteiger charge is -2.43. The van der Waals surface area contributed by atoms with Gasteiger partial charge in [-0.05, 0) is 6.92 Å². The Morgan fingerprint density at radius 2 is 1.65 bits per heavy atom. The zero-order chi connectivity index (χ0) is 25.4. The third kappa shape index (κ3) is 8.35. The zero-order valence-corrected chi connectivity index (χ0v) is 19.9. The van der Waals surface area contributed by atoms with Crippen LogP contribution in [0.15, 0.2) is 11.8 Å². The molecule has 1 N–H and O–H groups in total. The van der Waals surface area contributed by atoms with Gasteiger partial charge in [0.05, 0.1) is 12.7 Å². The second-order valence-corrected chi connectivity index (χ2v) is 8.07. The van der Waals surface area contributed by atoms with Crippen molar-refractivity contribution < 1.29 is 57.4 Å². The summed E-state index contributed by atoms with van der Waals surface area (Å²) >= 11 is 0. The van der Waals surface area contributed by atoms with Gasteiger partial charge < -0.3 is 38.3 Å². The predicted octanol–water partition coefficient (Wildman–Crippen LogP) is 0.530. The van der Waals surface area contributed by atoms with Crippen LogP contribution < -0.4 is 0 Å². The van der Waals surface area contributed by atoms with Crippen LogP contribution in [0.5, 0.6) is 0 Å². The van der Waals surface area contributed by atoms with Crippen molar-refractivity contribution >= 4 is 23.9 Å². The molecule has 2 unspecified atom stereocenters. The molecule has 0 saturated carbocycles. The monoisotopic (exact) mass is 488 g/mol. The second-order valence-electron chi connectivity index (χ2n) is 8.07. The van der Waals surface area contributed by atoms with Crippen LogP contribution in [0.3, 0.4) is 0 Å². The largest absolute Gasteiger partial charge is 0.463 e. The number of ether oxygens (including phenoxy) is 7. The van der Waals surface area contributed by atoms with E-state index in [1.54, 1.807) is 6.92 Å². The van der Waals surface area contributed by atoms with Gasteiger partial charge in [-0.3, -0.25) is 19.2 Å². The summed E-state index contributed by atoms with van der Waals surface area (Å²) in [6.07, 6.45) is -4.24. The van der Waals surface area contributed by atoms with Crippen LogP contribution in [-0.2, 0) is 52.3 Å². The fourth-order valence-electron chi connectivity index (χ4n) is 3.83. The van der Waals surface area contributed by atoms with Crippen LogP contribution in [0.25, 0.3) is 0 Å². The summed E-state index contributed by atoms with van der Waals surface area (Å²) in [6.45, 7) is 6.00. The quantitative estimate of drug-likeness (QED) is 0.288. The third-order valence-electron chi connectivity index (χ3n) is 5.08. The number of carbonyl (C=O) groups is 4. The Bertz CT molecular complexity index is 778. The second kappa shape index (κ2) is 12.8. The number of aliphatic hydroxyl groups is 1. The average Bonchev–Trinajstić information content (AvgIpc) is 2.72. The van der Waals surface area contributed by atoms with E-state index in [9.17, 15) is 24.3 Å². The molecule has 7 atom stereocenters. The van der Waals surface area contributed by atoms with Crippen molar-refractivity contribution in [3.63, 3.8) is 0 Å². The molecule has 34 heavy (non-hydrogen) atoms. The minimum Gasteiger partial charge on any atom is -0.463 e. The van der Waals surface area contributed by atoms with Crippen LogP contribution in [0, 0.1) is 0 Å². The minimum atomic E-state index is -1.03. The molecule has 0 radical (unpaired) electrons. The fraction of sp³-hybridized carbons (Fsp3) is 0.727. The van der Waals surface area contributed by atoms with Gasteiger partial charge in [0.1, 0.15) is 43.4 Å². The van der Waals surface area contributed by atoms with Crippen LogP contribution >= 0.6 is 0 Å². The predicted molar refractivity (Wildman–Crippen MR) is 112 cm³/mol. The highest BCUT2D eigenvalue weighted by molar-refractivity contribution is 5.68. The van der Waals surface area contributed by atoms with E-state index in [2.05, 4.69) is 0 Å². The third-order valence-corrected chi connectivity index (χ3v) is 5.08. The van der Waals surface area contributed by atoms with Crippen LogP contribution in [0.4, 0.5) is 0 Å². The summed E-state index contributed by atoms with van der Waals surface area (Å²) in [6, 6.07) is 0. The first-order chi connectivity index (χ1) is 16.0. The van der Waals surface area contributed by atoms with E-state index < -0.39 is 67.3 Å². The van der Waals surface area contributed by atoms with Crippen molar-refractivity contribution in [2.45, 2.75) is 90.4 Å². The summed E-state index contributed by atoms with van der Waals surface area (Å²) < 4.78 is 38.6. The molecule has 0 aromatic carbocycles. The molecule has 2 aliphatic heterocycles. The maximum Gasteiger partial charge on any atom is 0.307 e. The Kier molecular flexibility index (Phi) is 10.4. The van der Waals surface area contributed by atoms with Crippen molar-refractivity contribution in [2.75, 3.05) is 13.2 Å². The van der Waals surface area contributed by atoms with Gasteiger partial charge in [0.15, 0.2) is 6.29 Å². The molecule has 0 amide bonds. The van der Waals surface area contributed by atoms with E-state index in [0.29, 0.717) is 6.42 Å². The topological polar surface area (TPSA) is 153 Å². The first-order valence-corrected chi connectivity index (χ1v) is 10.9. The smallest absolute Gasteiger partial charge is 0.307 e. The van der Waals surface area contributed by atoms with Gasteiger partial charge in [-0.2, -0.15) is 0 Å². The minimum absolute atomic E-state index is 0.0136. The van der Waals surface area contributed by atoms with Gasteiger partial charge in [0.25, 0.3) is 0 Å². The van der Waals surface area contributed by atoms with Crippen molar-refractivity contribution in [2.24, 2.45) is 0 Å². The van der Waals surface area contributed by atoms with Gasteiger partial charge in [-0.1, -0.05) is 0 Å². The zero-order valence-electron chi connectivity index (χ0n) is 19.9. The summed E-state index contributed by atoms with van der Waals surface area (Å²) in [7, 11) is 0. The van der Waals surface area contributed by atoms with Gasteiger partial charge in [-0.25, -0.2) is 0 Å². The lowest BCUT2D eigenvalue weighted by atomic mass is 9.96. The number of aliphatic hydroxyl groups excluding tert-OH is 1. The maximum absolute atomic E-state index is 11.7. The Morgan fingerprint density at radius 3 is 2.21 bits per heavy atom. The van der Waals surface area contributed by atoms with E-state index >= 15 is 0 Å². The fourth-order valence-corrected chi connectivity index (χ4v) is 3.83. The molecule has 0 aliphatic carbocycles. The highest BCUT2D eigenvalue weighted by Crippen LogP contribution is 2.33. The Morgan fingerprint density at radius 1 is 0.971 bits per heavy atom. The van der Waals surface area contributed by atoms with E-state index in [1.807, 2.05) is 0 Å². The molecular formula is C22H32O12. The molecule has 12 nitrogen and oxygen atoms in total.